The third kappa shape index (κ3) is 9.72. The molecule has 0 aromatic carbocycles. The molecule has 0 aliphatic carbocycles. The number of carbonyl (C=O) groups excluding carboxylic acids is 1. The Morgan fingerprint density at radius 2 is 1.83 bits per heavy atom. The molecule has 0 aliphatic heterocycles. The standard InChI is InChI=1S/C8H16O3.ClH/c1-8(2,3)11-6-5-7(9)10-4;/h5-6H2,1-4H3;1H. The third-order valence-electron chi connectivity index (χ3n) is 1.07. The maximum Gasteiger partial charge on any atom is 0.307 e. The summed E-state index contributed by atoms with van der Waals surface area (Å²) in [7, 11) is 1.37. The van der Waals surface area contributed by atoms with Crippen LogP contribution in [0.4, 0.5) is 0 Å². The predicted molar refractivity (Wildman–Crippen MR) is 49.6 cm³/mol. The molecule has 0 fully saturated rings. The highest BCUT2D eigenvalue weighted by molar-refractivity contribution is 5.85. The van der Waals surface area contributed by atoms with Gasteiger partial charge in [-0.25, -0.2) is 0 Å². The van der Waals surface area contributed by atoms with E-state index in [9.17, 15) is 4.79 Å². The van der Waals surface area contributed by atoms with Gasteiger partial charge in [0.2, 0.25) is 0 Å². The molecule has 0 spiro atoms. The van der Waals surface area contributed by atoms with Crippen molar-refractivity contribution in [3.05, 3.63) is 0 Å². The minimum Gasteiger partial charge on any atom is -0.469 e. The van der Waals surface area contributed by atoms with Gasteiger partial charge in [-0.05, 0) is 20.8 Å². The van der Waals surface area contributed by atoms with Crippen molar-refractivity contribution in [2.75, 3.05) is 13.7 Å². The first-order chi connectivity index (χ1) is 4.95. The van der Waals surface area contributed by atoms with E-state index in [4.69, 9.17) is 4.74 Å². The van der Waals surface area contributed by atoms with E-state index in [1.807, 2.05) is 20.8 Å². The van der Waals surface area contributed by atoms with Gasteiger partial charge in [0.15, 0.2) is 0 Å². The molecule has 0 N–H and O–H groups in total. The summed E-state index contributed by atoms with van der Waals surface area (Å²) >= 11 is 0. The van der Waals surface area contributed by atoms with Crippen molar-refractivity contribution >= 4 is 18.4 Å². The maximum absolute atomic E-state index is 10.6. The molecule has 0 saturated heterocycles. The van der Waals surface area contributed by atoms with Gasteiger partial charge in [-0.3, -0.25) is 4.79 Å². The van der Waals surface area contributed by atoms with E-state index in [0.29, 0.717) is 13.0 Å². The zero-order valence-electron chi connectivity index (χ0n) is 8.05. The molecule has 0 bridgehead atoms. The number of esters is 1. The number of methoxy groups -OCH3 is 1. The number of hydrogen-bond acceptors (Lipinski definition) is 3. The van der Waals surface area contributed by atoms with Crippen LogP contribution in [0.1, 0.15) is 27.2 Å². The summed E-state index contributed by atoms with van der Waals surface area (Å²) < 4.78 is 9.75. The van der Waals surface area contributed by atoms with Gasteiger partial charge in [-0.2, -0.15) is 0 Å². The SMILES string of the molecule is COC(=O)CCOC(C)(C)C.Cl. The van der Waals surface area contributed by atoms with Crippen molar-refractivity contribution in [1.82, 2.24) is 0 Å². The zero-order valence-corrected chi connectivity index (χ0v) is 8.86. The van der Waals surface area contributed by atoms with Crippen LogP contribution in [0, 0.1) is 0 Å². The fourth-order valence-corrected chi connectivity index (χ4v) is 0.543. The lowest BCUT2D eigenvalue weighted by molar-refractivity contribution is -0.142. The fourth-order valence-electron chi connectivity index (χ4n) is 0.543. The van der Waals surface area contributed by atoms with Crippen LogP contribution in [-0.4, -0.2) is 25.3 Å². The summed E-state index contributed by atoms with van der Waals surface area (Å²) in [6.07, 6.45) is 0.327. The molecule has 0 aliphatic rings. The van der Waals surface area contributed by atoms with Crippen LogP contribution in [-0.2, 0) is 14.3 Å². The molecule has 74 valence electrons. The largest absolute Gasteiger partial charge is 0.469 e. The summed E-state index contributed by atoms with van der Waals surface area (Å²) in [6.45, 7) is 6.27. The van der Waals surface area contributed by atoms with E-state index in [2.05, 4.69) is 4.74 Å². The van der Waals surface area contributed by atoms with Crippen LogP contribution in [0.15, 0.2) is 0 Å². The van der Waals surface area contributed by atoms with Gasteiger partial charge in [0.1, 0.15) is 0 Å². The van der Waals surface area contributed by atoms with Crippen molar-refractivity contribution in [1.29, 1.82) is 0 Å². The van der Waals surface area contributed by atoms with Gasteiger partial charge in [-0.1, -0.05) is 0 Å². The van der Waals surface area contributed by atoms with Crippen LogP contribution in [0.5, 0.6) is 0 Å². The molecule has 0 aromatic rings. The van der Waals surface area contributed by atoms with Gasteiger partial charge < -0.3 is 9.47 Å². The second-order valence-electron chi connectivity index (χ2n) is 3.29. The average molecular weight is 197 g/mol. The molecule has 0 aromatic heterocycles. The lowest BCUT2D eigenvalue weighted by atomic mass is 10.2. The molecule has 0 radical (unpaired) electrons. The van der Waals surface area contributed by atoms with Crippen LogP contribution in [0.3, 0.4) is 0 Å². The molecule has 0 unspecified atom stereocenters. The molecular weight excluding hydrogens is 180 g/mol. The first-order valence-corrected chi connectivity index (χ1v) is 3.66. The second kappa shape index (κ2) is 6.26. The summed E-state index contributed by atoms with van der Waals surface area (Å²) in [5.41, 5.74) is -0.173. The topological polar surface area (TPSA) is 35.5 Å². The van der Waals surface area contributed by atoms with Crippen LogP contribution < -0.4 is 0 Å². The van der Waals surface area contributed by atoms with Crippen LogP contribution in [0.2, 0.25) is 0 Å². The maximum atomic E-state index is 10.6. The smallest absolute Gasteiger partial charge is 0.307 e. The van der Waals surface area contributed by atoms with Gasteiger partial charge >= 0.3 is 5.97 Å². The summed E-state index contributed by atoms with van der Waals surface area (Å²) in [5, 5.41) is 0. The molecular formula is C8H17ClO3. The molecule has 0 atom stereocenters. The Morgan fingerprint density at radius 1 is 1.33 bits per heavy atom. The van der Waals surface area contributed by atoms with Crippen molar-refractivity contribution in [3.63, 3.8) is 0 Å². The van der Waals surface area contributed by atoms with Gasteiger partial charge in [0.25, 0.3) is 0 Å². The zero-order chi connectivity index (χ0) is 8.91. The van der Waals surface area contributed by atoms with Crippen molar-refractivity contribution in [2.24, 2.45) is 0 Å². The molecule has 4 heteroatoms. The van der Waals surface area contributed by atoms with E-state index in [-0.39, 0.29) is 24.0 Å². The van der Waals surface area contributed by atoms with Crippen LogP contribution >= 0.6 is 12.4 Å². The minimum absolute atomic E-state index is 0. The average Bonchev–Trinajstić information content (AvgIpc) is 1.85. The minimum atomic E-state index is -0.228. The molecule has 0 heterocycles. The lowest BCUT2D eigenvalue weighted by Gasteiger charge is -2.18. The highest BCUT2D eigenvalue weighted by Gasteiger charge is 2.10. The Hall–Kier alpha value is -0.280. The Morgan fingerprint density at radius 3 is 2.17 bits per heavy atom. The van der Waals surface area contributed by atoms with E-state index < -0.39 is 0 Å². The van der Waals surface area contributed by atoms with Gasteiger partial charge in [0.05, 0.1) is 25.7 Å². The summed E-state index contributed by atoms with van der Waals surface area (Å²) in [4.78, 5) is 10.6. The highest BCUT2D eigenvalue weighted by atomic mass is 35.5. The third-order valence-corrected chi connectivity index (χ3v) is 1.07. The number of rotatable bonds is 3. The van der Waals surface area contributed by atoms with E-state index in [1.165, 1.54) is 7.11 Å². The summed E-state index contributed by atoms with van der Waals surface area (Å²) in [5.74, 6) is -0.228. The Kier molecular flexibility index (Phi) is 7.44. The van der Waals surface area contributed by atoms with E-state index >= 15 is 0 Å². The first-order valence-electron chi connectivity index (χ1n) is 3.66. The Bertz CT molecular complexity index is 129. The van der Waals surface area contributed by atoms with Gasteiger partial charge in [0, 0.05) is 0 Å². The molecule has 0 saturated carbocycles. The normalized spacial score (nSPS) is 10.3. The van der Waals surface area contributed by atoms with E-state index in [1.54, 1.807) is 0 Å². The van der Waals surface area contributed by atoms with Gasteiger partial charge in [-0.15, -0.1) is 12.4 Å². The Labute approximate surface area is 79.8 Å². The highest BCUT2D eigenvalue weighted by Crippen LogP contribution is 2.06. The van der Waals surface area contributed by atoms with Crippen LogP contribution in [0.25, 0.3) is 0 Å². The second-order valence-corrected chi connectivity index (χ2v) is 3.29. The van der Waals surface area contributed by atoms with Crippen molar-refractivity contribution in [2.45, 2.75) is 32.8 Å². The summed E-state index contributed by atoms with van der Waals surface area (Å²) in [6, 6.07) is 0. The monoisotopic (exact) mass is 196 g/mol. The molecule has 0 amide bonds. The first kappa shape index (κ1) is 14.3. The lowest BCUT2D eigenvalue weighted by Crippen LogP contribution is -2.21. The van der Waals surface area contributed by atoms with Crippen molar-refractivity contribution in [3.8, 4) is 0 Å². The number of hydrogen-bond donors (Lipinski definition) is 0. The van der Waals surface area contributed by atoms with E-state index in [0.717, 1.165) is 0 Å². The fraction of sp³-hybridized carbons (Fsp3) is 0.875. The predicted octanol–water partition coefficient (Wildman–Crippen LogP) is 1.79. The molecule has 0 rings (SSSR count). The van der Waals surface area contributed by atoms with Crippen molar-refractivity contribution < 1.29 is 14.3 Å². The number of carbonyl (C=O) groups is 1. The number of ether oxygens (including phenoxy) is 2. The molecule has 12 heavy (non-hydrogen) atoms. The number of halogens is 1. The Balaban J connectivity index is 0. The quantitative estimate of drug-likeness (QED) is 0.646. The molecule has 3 nitrogen and oxygen atoms in total.